The lowest BCUT2D eigenvalue weighted by atomic mass is 10.2. The number of halogens is 2. The molecule has 0 spiro atoms. The van der Waals surface area contributed by atoms with Gasteiger partial charge in [-0.25, -0.2) is 9.18 Å². The van der Waals surface area contributed by atoms with Crippen LogP contribution >= 0.6 is 12.4 Å². The molecule has 0 unspecified atom stereocenters. The Hall–Kier alpha value is -1.33. The van der Waals surface area contributed by atoms with Crippen LogP contribution in [0.15, 0.2) is 18.2 Å². The van der Waals surface area contributed by atoms with Crippen LogP contribution in [0.1, 0.15) is 10.4 Å². The molecule has 4 nitrogen and oxygen atoms in total. The quantitative estimate of drug-likeness (QED) is 0.448. The highest BCUT2D eigenvalue weighted by atomic mass is 35.5. The summed E-state index contributed by atoms with van der Waals surface area (Å²) in [5.74, 6) is 3.73. The van der Waals surface area contributed by atoms with Crippen LogP contribution in [-0.4, -0.2) is 13.1 Å². The van der Waals surface area contributed by atoms with Gasteiger partial charge in [0.15, 0.2) is 0 Å². The SMILES string of the molecule is COC(=O)c1cc(NN)ccc1F.Cl. The number of hydrogen-bond donors (Lipinski definition) is 2. The summed E-state index contributed by atoms with van der Waals surface area (Å²) in [5.41, 5.74) is 2.60. The van der Waals surface area contributed by atoms with Crippen LogP contribution in [0.3, 0.4) is 0 Å². The summed E-state index contributed by atoms with van der Waals surface area (Å²) in [7, 11) is 1.18. The number of nitrogen functional groups attached to an aromatic ring is 1. The Bertz CT molecular complexity index is 333. The van der Waals surface area contributed by atoms with E-state index in [-0.39, 0.29) is 18.0 Å². The maximum atomic E-state index is 13.0. The predicted molar refractivity (Wildman–Crippen MR) is 52.8 cm³/mol. The minimum absolute atomic E-state index is 0. The third kappa shape index (κ3) is 2.58. The van der Waals surface area contributed by atoms with Crippen LogP contribution in [0.4, 0.5) is 10.1 Å². The maximum Gasteiger partial charge on any atom is 0.340 e. The molecular weight excluding hydrogens is 211 g/mol. The Kier molecular flexibility index (Phi) is 4.90. The van der Waals surface area contributed by atoms with E-state index < -0.39 is 11.8 Å². The summed E-state index contributed by atoms with van der Waals surface area (Å²) in [4.78, 5) is 11.0. The summed E-state index contributed by atoms with van der Waals surface area (Å²) in [6, 6.07) is 3.84. The van der Waals surface area contributed by atoms with Crippen molar-refractivity contribution in [3.8, 4) is 0 Å². The van der Waals surface area contributed by atoms with Crippen molar-refractivity contribution in [3.05, 3.63) is 29.6 Å². The van der Waals surface area contributed by atoms with Gasteiger partial charge in [-0.1, -0.05) is 0 Å². The molecule has 0 bridgehead atoms. The van der Waals surface area contributed by atoms with E-state index in [0.717, 1.165) is 6.07 Å². The van der Waals surface area contributed by atoms with Crippen molar-refractivity contribution in [2.24, 2.45) is 5.84 Å². The molecule has 0 amide bonds. The highest BCUT2D eigenvalue weighted by Gasteiger charge is 2.11. The van der Waals surface area contributed by atoms with Crippen LogP contribution < -0.4 is 11.3 Å². The number of carbonyl (C=O) groups excluding carboxylic acids is 1. The second kappa shape index (κ2) is 5.41. The van der Waals surface area contributed by atoms with Crippen molar-refractivity contribution in [1.82, 2.24) is 0 Å². The van der Waals surface area contributed by atoms with E-state index >= 15 is 0 Å². The fourth-order valence-electron chi connectivity index (χ4n) is 0.881. The minimum Gasteiger partial charge on any atom is -0.465 e. The van der Waals surface area contributed by atoms with E-state index in [1.54, 1.807) is 0 Å². The lowest BCUT2D eigenvalue weighted by Gasteiger charge is -2.03. The molecule has 1 aromatic rings. The average Bonchev–Trinajstić information content (AvgIpc) is 2.17. The Morgan fingerprint density at radius 3 is 2.71 bits per heavy atom. The summed E-state index contributed by atoms with van der Waals surface area (Å²) in [6.45, 7) is 0. The zero-order chi connectivity index (χ0) is 9.84. The molecule has 0 saturated carbocycles. The first kappa shape index (κ1) is 12.7. The third-order valence-electron chi connectivity index (χ3n) is 1.54. The first-order chi connectivity index (χ1) is 6.19. The van der Waals surface area contributed by atoms with E-state index in [9.17, 15) is 9.18 Å². The zero-order valence-electron chi connectivity index (χ0n) is 7.41. The third-order valence-corrected chi connectivity index (χ3v) is 1.54. The van der Waals surface area contributed by atoms with Crippen LogP contribution in [-0.2, 0) is 4.74 Å². The summed E-state index contributed by atoms with van der Waals surface area (Å²) in [5, 5.41) is 0. The molecule has 3 N–H and O–H groups in total. The molecule has 1 rings (SSSR count). The van der Waals surface area contributed by atoms with Crippen LogP contribution in [0.5, 0.6) is 0 Å². The fourth-order valence-corrected chi connectivity index (χ4v) is 0.881. The minimum atomic E-state index is -0.727. The largest absolute Gasteiger partial charge is 0.465 e. The summed E-state index contributed by atoms with van der Waals surface area (Å²) < 4.78 is 17.3. The molecule has 0 heterocycles. The van der Waals surface area contributed by atoms with Gasteiger partial charge in [-0.3, -0.25) is 5.84 Å². The Morgan fingerprint density at radius 1 is 1.57 bits per heavy atom. The van der Waals surface area contributed by atoms with Gasteiger partial charge in [0.1, 0.15) is 5.82 Å². The van der Waals surface area contributed by atoms with Crippen molar-refractivity contribution in [2.75, 3.05) is 12.5 Å². The maximum absolute atomic E-state index is 13.0. The number of methoxy groups -OCH3 is 1. The molecule has 0 atom stereocenters. The highest BCUT2D eigenvalue weighted by molar-refractivity contribution is 5.90. The van der Waals surface area contributed by atoms with Gasteiger partial charge in [0, 0.05) is 5.69 Å². The number of esters is 1. The molecular formula is C8H10ClFN2O2. The summed E-state index contributed by atoms with van der Waals surface area (Å²) in [6.07, 6.45) is 0. The number of anilines is 1. The van der Waals surface area contributed by atoms with Crippen molar-refractivity contribution in [2.45, 2.75) is 0 Å². The number of hydrazine groups is 1. The number of nitrogens with two attached hydrogens (primary N) is 1. The van der Waals surface area contributed by atoms with E-state index in [2.05, 4.69) is 10.2 Å². The van der Waals surface area contributed by atoms with E-state index in [4.69, 9.17) is 5.84 Å². The molecule has 1 aromatic carbocycles. The predicted octanol–water partition coefficient (Wildman–Crippen LogP) is 1.32. The van der Waals surface area contributed by atoms with Gasteiger partial charge in [0.25, 0.3) is 0 Å². The Morgan fingerprint density at radius 2 is 2.21 bits per heavy atom. The number of ether oxygens (including phenoxy) is 1. The first-order valence-electron chi connectivity index (χ1n) is 3.53. The number of carbonyl (C=O) groups is 1. The molecule has 0 aromatic heterocycles. The fraction of sp³-hybridized carbons (Fsp3) is 0.125. The first-order valence-corrected chi connectivity index (χ1v) is 3.53. The average molecular weight is 221 g/mol. The second-order valence-corrected chi connectivity index (χ2v) is 2.33. The molecule has 78 valence electrons. The van der Waals surface area contributed by atoms with Crippen LogP contribution in [0.25, 0.3) is 0 Å². The van der Waals surface area contributed by atoms with E-state index in [1.807, 2.05) is 0 Å². The zero-order valence-corrected chi connectivity index (χ0v) is 8.23. The second-order valence-electron chi connectivity index (χ2n) is 2.33. The smallest absolute Gasteiger partial charge is 0.340 e. The number of benzene rings is 1. The van der Waals surface area contributed by atoms with Gasteiger partial charge in [0.05, 0.1) is 12.7 Å². The topological polar surface area (TPSA) is 64.3 Å². The highest BCUT2D eigenvalue weighted by Crippen LogP contribution is 2.14. The van der Waals surface area contributed by atoms with Gasteiger partial charge in [-0.15, -0.1) is 12.4 Å². The van der Waals surface area contributed by atoms with Crippen LogP contribution in [0.2, 0.25) is 0 Å². The number of rotatable bonds is 2. The summed E-state index contributed by atoms with van der Waals surface area (Å²) >= 11 is 0. The van der Waals surface area contributed by atoms with Crippen molar-refractivity contribution in [1.29, 1.82) is 0 Å². The van der Waals surface area contributed by atoms with Gasteiger partial charge in [-0.05, 0) is 18.2 Å². The van der Waals surface area contributed by atoms with Crippen LogP contribution in [0, 0.1) is 5.82 Å². The number of nitrogens with one attached hydrogen (secondary N) is 1. The molecule has 0 saturated heterocycles. The normalized spacial score (nSPS) is 8.79. The molecule has 0 aliphatic rings. The molecule has 0 aliphatic heterocycles. The Balaban J connectivity index is 0.00000169. The molecule has 0 fully saturated rings. The van der Waals surface area contributed by atoms with Gasteiger partial charge < -0.3 is 10.2 Å². The van der Waals surface area contributed by atoms with Crippen molar-refractivity contribution < 1.29 is 13.9 Å². The Labute approximate surface area is 86.6 Å². The van der Waals surface area contributed by atoms with Gasteiger partial charge >= 0.3 is 5.97 Å². The number of hydrogen-bond acceptors (Lipinski definition) is 4. The van der Waals surface area contributed by atoms with Gasteiger partial charge in [-0.2, -0.15) is 0 Å². The standard InChI is InChI=1S/C8H9FN2O2.ClH/c1-13-8(12)6-4-5(11-10)2-3-7(6)9;/h2-4,11H,10H2,1H3;1H. The van der Waals surface area contributed by atoms with E-state index in [0.29, 0.717) is 5.69 Å². The molecule has 0 aliphatic carbocycles. The lowest BCUT2D eigenvalue weighted by Crippen LogP contribution is -2.10. The molecule has 0 radical (unpaired) electrons. The van der Waals surface area contributed by atoms with E-state index in [1.165, 1.54) is 19.2 Å². The van der Waals surface area contributed by atoms with Crippen molar-refractivity contribution >= 4 is 24.1 Å². The lowest BCUT2D eigenvalue weighted by molar-refractivity contribution is 0.0595. The van der Waals surface area contributed by atoms with Crippen molar-refractivity contribution in [3.63, 3.8) is 0 Å². The monoisotopic (exact) mass is 220 g/mol. The molecule has 6 heteroatoms. The molecule has 14 heavy (non-hydrogen) atoms. The van der Waals surface area contributed by atoms with Gasteiger partial charge in [0.2, 0.25) is 0 Å².